The van der Waals surface area contributed by atoms with E-state index < -0.39 is 0 Å². The Labute approximate surface area is 180 Å². The van der Waals surface area contributed by atoms with Gasteiger partial charge in [-0.05, 0) is 79.2 Å². The maximum Gasteiger partial charge on any atom is 0.257 e. The molecule has 6 heteroatoms. The Bertz CT molecular complexity index is 1230. The Morgan fingerprint density at radius 2 is 1.87 bits per heavy atom. The molecule has 0 radical (unpaired) electrons. The first kappa shape index (κ1) is 19.8. The number of anilines is 1. The van der Waals surface area contributed by atoms with Crippen molar-refractivity contribution in [3.63, 3.8) is 0 Å². The predicted molar refractivity (Wildman–Crippen MR) is 124 cm³/mol. The lowest BCUT2D eigenvalue weighted by Gasteiger charge is -2.10. The zero-order chi connectivity index (χ0) is 21.1. The number of benzene rings is 3. The minimum Gasteiger partial charge on any atom is -0.436 e. The largest absolute Gasteiger partial charge is 0.436 e. The van der Waals surface area contributed by atoms with Gasteiger partial charge in [-0.15, -0.1) is 0 Å². The third-order valence-electron chi connectivity index (χ3n) is 4.76. The van der Waals surface area contributed by atoms with Crippen LogP contribution in [0.15, 0.2) is 71.1 Å². The van der Waals surface area contributed by atoms with Crippen LogP contribution in [0.5, 0.6) is 0 Å². The van der Waals surface area contributed by atoms with E-state index in [0.717, 1.165) is 34.3 Å². The maximum absolute atomic E-state index is 12.4. The number of carbonyl (C=O) groups is 1. The Balaban J connectivity index is 1.46. The summed E-state index contributed by atoms with van der Waals surface area (Å²) >= 11 is 5.31. The van der Waals surface area contributed by atoms with Gasteiger partial charge >= 0.3 is 0 Å². The average Bonchev–Trinajstić information content (AvgIpc) is 3.17. The van der Waals surface area contributed by atoms with Gasteiger partial charge in [0.1, 0.15) is 5.52 Å². The molecule has 3 aromatic carbocycles. The van der Waals surface area contributed by atoms with E-state index in [4.69, 9.17) is 16.6 Å². The van der Waals surface area contributed by atoms with Crippen molar-refractivity contribution in [2.24, 2.45) is 0 Å². The van der Waals surface area contributed by atoms with Crippen molar-refractivity contribution in [3.8, 4) is 11.5 Å². The first-order chi connectivity index (χ1) is 14.5. The standard InChI is InChI=1S/C24H21N3O2S/c1-3-16-8-10-17(11-9-16)22(28)27-24(30)25-19-6-4-5-18(14-19)23-26-20-13-15(2)7-12-21(20)29-23/h4-14H,3H2,1-2H3,(H2,25,27,28,30). The van der Waals surface area contributed by atoms with E-state index >= 15 is 0 Å². The minimum atomic E-state index is -0.249. The summed E-state index contributed by atoms with van der Waals surface area (Å²) in [5.41, 5.74) is 5.98. The fourth-order valence-corrected chi connectivity index (χ4v) is 3.33. The lowest BCUT2D eigenvalue weighted by Crippen LogP contribution is -2.34. The van der Waals surface area contributed by atoms with Gasteiger partial charge in [-0.2, -0.15) is 0 Å². The number of aryl methyl sites for hydroxylation is 2. The molecule has 0 aliphatic rings. The molecule has 0 saturated heterocycles. The number of nitrogens with one attached hydrogen (secondary N) is 2. The number of rotatable bonds is 4. The summed E-state index contributed by atoms with van der Waals surface area (Å²) in [5, 5.41) is 5.99. The molecule has 0 spiro atoms. The van der Waals surface area contributed by atoms with E-state index in [2.05, 4.69) is 22.5 Å². The van der Waals surface area contributed by atoms with Gasteiger partial charge in [-0.3, -0.25) is 10.1 Å². The molecule has 5 nitrogen and oxygen atoms in total. The number of fused-ring (bicyclic) bond motifs is 1. The van der Waals surface area contributed by atoms with Gasteiger partial charge in [0.25, 0.3) is 5.91 Å². The topological polar surface area (TPSA) is 67.2 Å². The van der Waals surface area contributed by atoms with Crippen molar-refractivity contribution >= 4 is 40.0 Å². The molecule has 1 aromatic heterocycles. The molecule has 0 aliphatic carbocycles. The number of hydrogen-bond acceptors (Lipinski definition) is 4. The molecule has 0 unspecified atom stereocenters. The SMILES string of the molecule is CCc1ccc(C(=O)NC(=S)Nc2cccc(-c3nc4cc(C)ccc4o3)c2)cc1. The Kier molecular flexibility index (Phi) is 5.59. The highest BCUT2D eigenvalue weighted by Gasteiger charge is 2.11. The average molecular weight is 416 g/mol. The normalized spacial score (nSPS) is 10.7. The highest BCUT2D eigenvalue weighted by molar-refractivity contribution is 7.80. The van der Waals surface area contributed by atoms with E-state index in [0.29, 0.717) is 11.5 Å². The summed E-state index contributed by atoms with van der Waals surface area (Å²) in [5.74, 6) is 0.283. The van der Waals surface area contributed by atoms with Gasteiger partial charge in [0.15, 0.2) is 10.7 Å². The first-order valence-corrected chi connectivity index (χ1v) is 10.1. The third-order valence-corrected chi connectivity index (χ3v) is 4.97. The molecule has 0 fully saturated rings. The van der Waals surface area contributed by atoms with Crippen LogP contribution in [-0.2, 0) is 6.42 Å². The van der Waals surface area contributed by atoms with Crippen LogP contribution in [0.2, 0.25) is 0 Å². The highest BCUT2D eigenvalue weighted by atomic mass is 32.1. The smallest absolute Gasteiger partial charge is 0.257 e. The van der Waals surface area contributed by atoms with Crippen molar-refractivity contribution in [3.05, 3.63) is 83.4 Å². The third kappa shape index (κ3) is 4.39. The van der Waals surface area contributed by atoms with Crippen LogP contribution in [0.1, 0.15) is 28.4 Å². The van der Waals surface area contributed by atoms with E-state index in [9.17, 15) is 4.79 Å². The Hall–Kier alpha value is -3.51. The molecule has 30 heavy (non-hydrogen) atoms. The molecule has 1 amide bonds. The van der Waals surface area contributed by atoms with Gasteiger partial charge in [0.2, 0.25) is 5.89 Å². The summed E-state index contributed by atoms with van der Waals surface area (Å²) in [6.45, 7) is 4.09. The fourth-order valence-electron chi connectivity index (χ4n) is 3.12. The summed E-state index contributed by atoms with van der Waals surface area (Å²) in [7, 11) is 0. The Morgan fingerprint density at radius 3 is 2.63 bits per heavy atom. The number of thiocarbonyl (C=S) groups is 1. The highest BCUT2D eigenvalue weighted by Crippen LogP contribution is 2.26. The summed E-state index contributed by atoms with van der Waals surface area (Å²) in [6.07, 6.45) is 0.928. The predicted octanol–water partition coefficient (Wildman–Crippen LogP) is 5.49. The zero-order valence-corrected chi connectivity index (χ0v) is 17.5. The molecule has 150 valence electrons. The number of carbonyl (C=O) groups excluding carboxylic acids is 1. The van der Waals surface area contributed by atoms with Crippen molar-refractivity contribution in [1.29, 1.82) is 0 Å². The molecular weight excluding hydrogens is 394 g/mol. The molecular formula is C24H21N3O2S. The molecule has 2 N–H and O–H groups in total. The molecule has 0 saturated carbocycles. The van der Waals surface area contributed by atoms with E-state index in [1.165, 1.54) is 5.56 Å². The lowest BCUT2D eigenvalue weighted by atomic mass is 10.1. The molecule has 1 heterocycles. The van der Waals surface area contributed by atoms with Crippen molar-refractivity contribution in [1.82, 2.24) is 10.3 Å². The second-order valence-electron chi connectivity index (χ2n) is 7.03. The van der Waals surface area contributed by atoms with Crippen LogP contribution >= 0.6 is 12.2 Å². The number of nitrogens with zero attached hydrogens (tertiary/aromatic N) is 1. The van der Waals surface area contributed by atoms with Crippen LogP contribution in [0.25, 0.3) is 22.6 Å². The van der Waals surface area contributed by atoms with Gasteiger partial charge < -0.3 is 9.73 Å². The second-order valence-corrected chi connectivity index (χ2v) is 7.44. The van der Waals surface area contributed by atoms with Gasteiger partial charge in [-0.25, -0.2) is 4.98 Å². The maximum atomic E-state index is 12.4. The molecule has 0 bridgehead atoms. The molecule has 4 aromatic rings. The van der Waals surface area contributed by atoms with Crippen LogP contribution in [0.3, 0.4) is 0 Å². The van der Waals surface area contributed by atoms with E-state index in [1.807, 2.05) is 61.5 Å². The van der Waals surface area contributed by atoms with Gasteiger partial charge in [-0.1, -0.05) is 31.2 Å². The first-order valence-electron chi connectivity index (χ1n) is 9.71. The number of aromatic nitrogens is 1. The van der Waals surface area contributed by atoms with E-state index in [-0.39, 0.29) is 11.0 Å². The monoisotopic (exact) mass is 415 g/mol. The molecule has 0 aliphatic heterocycles. The molecule has 0 atom stereocenters. The number of amides is 1. The zero-order valence-electron chi connectivity index (χ0n) is 16.7. The molecule has 4 rings (SSSR count). The van der Waals surface area contributed by atoms with Crippen molar-refractivity contribution in [2.45, 2.75) is 20.3 Å². The number of hydrogen-bond donors (Lipinski definition) is 2. The lowest BCUT2D eigenvalue weighted by molar-refractivity contribution is 0.0977. The van der Waals surface area contributed by atoms with Crippen LogP contribution in [0.4, 0.5) is 5.69 Å². The Morgan fingerprint density at radius 1 is 1.07 bits per heavy atom. The van der Waals surface area contributed by atoms with Gasteiger partial charge in [0, 0.05) is 16.8 Å². The van der Waals surface area contributed by atoms with Gasteiger partial charge in [0.05, 0.1) is 0 Å². The fraction of sp³-hybridized carbons (Fsp3) is 0.125. The summed E-state index contributed by atoms with van der Waals surface area (Å²) in [6, 6.07) is 20.9. The number of oxazole rings is 1. The minimum absolute atomic E-state index is 0.227. The van der Waals surface area contributed by atoms with Crippen LogP contribution in [0, 0.1) is 6.92 Å². The van der Waals surface area contributed by atoms with Crippen LogP contribution < -0.4 is 10.6 Å². The van der Waals surface area contributed by atoms with E-state index in [1.54, 1.807) is 12.1 Å². The summed E-state index contributed by atoms with van der Waals surface area (Å²) in [4.78, 5) is 17.0. The quantitative estimate of drug-likeness (QED) is 0.431. The second kappa shape index (κ2) is 8.47. The van der Waals surface area contributed by atoms with Crippen molar-refractivity contribution in [2.75, 3.05) is 5.32 Å². The van der Waals surface area contributed by atoms with Crippen LogP contribution in [-0.4, -0.2) is 16.0 Å². The summed E-state index contributed by atoms with van der Waals surface area (Å²) < 4.78 is 5.87. The van der Waals surface area contributed by atoms with Crippen molar-refractivity contribution < 1.29 is 9.21 Å².